The predicted octanol–water partition coefficient (Wildman–Crippen LogP) is 3.13. The molecular weight excluding hydrogens is 290 g/mol. The molecule has 0 spiro atoms. The molecule has 0 atom stereocenters. The number of likely N-dealkylation sites (tertiary alicyclic amines) is 1. The summed E-state index contributed by atoms with van der Waals surface area (Å²) < 4.78 is 10.6. The van der Waals surface area contributed by atoms with E-state index in [1.807, 2.05) is 38.3 Å². The van der Waals surface area contributed by atoms with Crippen LogP contribution in [-0.2, 0) is 4.74 Å². The summed E-state index contributed by atoms with van der Waals surface area (Å²) in [5.74, 6) is 1.28. The Morgan fingerprint density at radius 2 is 2.24 bits per heavy atom. The monoisotopic (exact) mass is 307 g/mol. The number of hydrogen-bond donors (Lipinski definition) is 0. The molecule has 0 aromatic carbocycles. The number of carbonyl (C=O) groups excluding carboxylic acids is 1. The Kier molecular flexibility index (Phi) is 3.44. The lowest BCUT2D eigenvalue weighted by Gasteiger charge is -2.37. The van der Waals surface area contributed by atoms with Crippen LogP contribution in [0.5, 0.6) is 0 Å². The molecule has 1 amide bonds. The Bertz CT molecular complexity index is 624. The summed E-state index contributed by atoms with van der Waals surface area (Å²) in [5, 5.41) is 5.95. The van der Waals surface area contributed by atoms with Gasteiger partial charge >= 0.3 is 6.09 Å². The minimum Gasteiger partial charge on any atom is -0.444 e. The van der Waals surface area contributed by atoms with Crippen LogP contribution in [0.3, 0.4) is 0 Å². The Hall–Kier alpha value is -1.89. The van der Waals surface area contributed by atoms with E-state index in [-0.39, 0.29) is 12.0 Å². The highest BCUT2D eigenvalue weighted by molar-refractivity contribution is 7.13. The zero-order valence-electron chi connectivity index (χ0n) is 12.2. The van der Waals surface area contributed by atoms with Gasteiger partial charge in [-0.3, -0.25) is 0 Å². The third-order valence-electron chi connectivity index (χ3n) is 3.07. The molecule has 1 saturated heterocycles. The first kappa shape index (κ1) is 14.1. The van der Waals surface area contributed by atoms with Crippen molar-refractivity contribution in [2.24, 2.45) is 0 Å². The van der Waals surface area contributed by atoms with E-state index in [0.717, 1.165) is 4.88 Å². The smallest absolute Gasteiger partial charge is 0.410 e. The molecule has 1 aliphatic heterocycles. The maximum atomic E-state index is 11.8. The van der Waals surface area contributed by atoms with Crippen LogP contribution < -0.4 is 0 Å². The molecular formula is C14H17N3O3S. The topological polar surface area (TPSA) is 68.5 Å². The molecule has 1 fully saturated rings. The summed E-state index contributed by atoms with van der Waals surface area (Å²) in [6.45, 7) is 6.68. The van der Waals surface area contributed by atoms with E-state index in [2.05, 4.69) is 10.1 Å². The Balaban J connectivity index is 1.58. The summed E-state index contributed by atoms with van der Waals surface area (Å²) in [6, 6.07) is 3.90. The number of thiophene rings is 1. The Labute approximate surface area is 126 Å². The van der Waals surface area contributed by atoms with Gasteiger partial charge in [0, 0.05) is 13.1 Å². The summed E-state index contributed by atoms with van der Waals surface area (Å²) in [5.41, 5.74) is -0.473. The lowest BCUT2D eigenvalue weighted by atomic mass is 10.0. The third-order valence-corrected chi connectivity index (χ3v) is 3.93. The van der Waals surface area contributed by atoms with Crippen LogP contribution in [0.15, 0.2) is 22.0 Å². The van der Waals surface area contributed by atoms with E-state index in [1.165, 1.54) is 0 Å². The van der Waals surface area contributed by atoms with Gasteiger partial charge in [-0.2, -0.15) is 4.98 Å². The zero-order valence-corrected chi connectivity index (χ0v) is 13.0. The van der Waals surface area contributed by atoms with Gasteiger partial charge in [-0.25, -0.2) is 4.79 Å². The van der Waals surface area contributed by atoms with Crippen LogP contribution >= 0.6 is 11.3 Å². The number of carbonyl (C=O) groups is 1. The number of rotatable bonds is 2. The first-order chi connectivity index (χ1) is 9.92. The molecule has 112 valence electrons. The van der Waals surface area contributed by atoms with Crippen LogP contribution in [0.2, 0.25) is 0 Å². The highest BCUT2D eigenvalue weighted by Crippen LogP contribution is 2.29. The van der Waals surface area contributed by atoms with Crippen molar-refractivity contribution in [1.29, 1.82) is 0 Å². The maximum Gasteiger partial charge on any atom is 0.410 e. The van der Waals surface area contributed by atoms with E-state index in [4.69, 9.17) is 9.26 Å². The largest absolute Gasteiger partial charge is 0.444 e. The van der Waals surface area contributed by atoms with Gasteiger partial charge in [-0.1, -0.05) is 11.2 Å². The molecule has 0 N–H and O–H groups in total. The fourth-order valence-corrected chi connectivity index (χ4v) is 2.67. The van der Waals surface area contributed by atoms with E-state index in [9.17, 15) is 4.79 Å². The second kappa shape index (κ2) is 5.14. The van der Waals surface area contributed by atoms with Crippen molar-refractivity contribution in [2.75, 3.05) is 13.1 Å². The number of ether oxygens (including phenoxy) is 1. The summed E-state index contributed by atoms with van der Waals surface area (Å²) in [4.78, 5) is 18.9. The molecule has 1 aliphatic rings. The summed E-state index contributed by atoms with van der Waals surface area (Å²) in [6.07, 6.45) is -0.295. The molecule has 0 aliphatic carbocycles. The van der Waals surface area contributed by atoms with Crippen molar-refractivity contribution < 1.29 is 14.1 Å². The normalized spacial score (nSPS) is 15.9. The van der Waals surface area contributed by atoms with E-state index in [1.54, 1.807) is 16.2 Å². The van der Waals surface area contributed by atoms with E-state index in [0.29, 0.717) is 24.8 Å². The SMILES string of the molecule is CC(C)(C)OC(=O)N1CC(c2nc(-c3cccs3)no2)C1. The van der Waals surface area contributed by atoms with Crippen molar-refractivity contribution in [2.45, 2.75) is 32.3 Å². The highest BCUT2D eigenvalue weighted by Gasteiger charge is 2.37. The average molecular weight is 307 g/mol. The molecule has 3 heterocycles. The number of nitrogens with zero attached hydrogens (tertiary/aromatic N) is 3. The molecule has 21 heavy (non-hydrogen) atoms. The lowest BCUT2D eigenvalue weighted by molar-refractivity contribution is 0.00558. The average Bonchev–Trinajstić information content (AvgIpc) is 2.93. The maximum absolute atomic E-state index is 11.8. The molecule has 7 heteroatoms. The van der Waals surface area contributed by atoms with Gasteiger partial charge in [0.05, 0.1) is 10.8 Å². The van der Waals surface area contributed by atoms with Crippen molar-refractivity contribution in [3.05, 3.63) is 23.4 Å². The molecule has 0 bridgehead atoms. The molecule has 0 radical (unpaired) electrons. The second-order valence-electron chi connectivity index (χ2n) is 6.02. The number of aromatic nitrogens is 2. The molecule has 3 rings (SSSR count). The minimum atomic E-state index is -0.473. The lowest BCUT2D eigenvalue weighted by Crippen LogP contribution is -2.50. The third kappa shape index (κ3) is 3.07. The van der Waals surface area contributed by atoms with E-state index >= 15 is 0 Å². The van der Waals surface area contributed by atoms with Crippen molar-refractivity contribution >= 4 is 17.4 Å². The minimum absolute atomic E-state index is 0.0960. The summed E-state index contributed by atoms with van der Waals surface area (Å²) >= 11 is 1.57. The van der Waals surface area contributed by atoms with Gasteiger partial charge < -0.3 is 14.2 Å². The second-order valence-corrected chi connectivity index (χ2v) is 6.96. The standard InChI is InChI=1S/C14H17N3O3S/c1-14(2,3)19-13(18)17-7-9(8-17)12-15-11(16-20-12)10-5-4-6-21-10/h4-6,9H,7-8H2,1-3H3. The molecule has 0 saturated carbocycles. The van der Waals surface area contributed by atoms with Crippen LogP contribution in [0.4, 0.5) is 4.79 Å². The van der Waals surface area contributed by atoms with Crippen LogP contribution in [0, 0.1) is 0 Å². The van der Waals surface area contributed by atoms with Crippen LogP contribution in [0.25, 0.3) is 10.7 Å². The first-order valence-electron chi connectivity index (χ1n) is 6.78. The zero-order chi connectivity index (χ0) is 15.0. The Morgan fingerprint density at radius 1 is 1.48 bits per heavy atom. The molecule has 2 aromatic rings. The fourth-order valence-electron chi connectivity index (χ4n) is 2.02. The number of hydrogen-bond acceptors (Lipinski definition) is 6. The van der Waals surface area contributed by atoms with Crippen molar-refractivity contribution in [3.8, 4) is 10.7 Å². The molecule has 2 aromatic heterocycles. The van der Waals surface area contributed by atoms with Gasteiger partial charge in [0.2, 0.25) is 11.7 Å². The van der Waals surface area contributed by atoms with Crippen molar-refractivity contribution in [1.82, 2.24) is 15.0 Å². The Morgan fingerprint density at radius 3 is 2.86 bits per heavy atom. The quantitative estimate of drug-likeness (QED) is 0.852. The number of amides is 1. The van der Waals surface area contributed by atoms with Gasteiger partial charge in [-0.05, 0) is 32.2 Å². The molecule has 6 nitrogen and oxygen atoms in total. The highest BCUT2D eigenvalue weighted by atomic mass is 32.1. The first-order valence-corrected chi connectivity index (χ1v) is 7.66. The van der Waals surface area contributed by atoms with Crippen molar-refractivity contribution in [3.63, 3.8) is 0 Å². The van der Waals surface area contributed by atoms with Crippen LogP contribution in [0.1, 0.15) is 32.6 Å². The van der Waals surface area contributed by atoms with E-state index < -0.39 is 5.60 Å². The van der Waals surface area contributed by atoms with Gasteiger partial charge in [0.25, 0.3) is 0 Å². The van der Waals surface area contributed by atoms with Gasteiger partial charge in [-0.15, -0.1) is 11.3 Å². The predicted molar refractivity (Wildman–Crippen MR) is 78.2 cm³/mol. The van der Waals surface area contributed by atoms with Gasteiger partial charge in [0.15, 0.2) is 0 Å². The fraction of sp³-hybridized carbons (Fsp3) is 0.500. The van der Waals surface area contributed by atoms with Gasteiger partial charge in [0.1, 0.15) is 5.60 Å². The molecule has 0 unspecified atom stereocenters. The van der Waals surface area contributed by atoms with Crippen LogP contribution in [-0.4, -0.2) is 39.8 Å². The summed E-state index contributed by atoms with van der Waals surface area (Å²) in [7, 11) is 0.